The van der Waals surface area contributed by atoms with Gasteiger partial charge in [-0.3, -0.25) is 9.48 Å². The van der Waals surface area contributed by atoms with E-state index in [4.69, 9.17) is 16.3 Å². The van der Waals surface area contributed by atoms with E-state index >= 15 is 0 Å². The van der Waals surface area contributed by atoms with Gasteiger partial charge in [-0.15, -0.1) is 0 Å². The molecule has 0 aliphatic carbocycles. The van der Waals surface area contributed by atoms with Crippen LogP contribution in [0.3, 0.4) is 0 Å². The van der Waals surface area contributed by atoms with E-state index in [1.54, 1.807) is 0 Å². The summed E-state index contributed by atoms with van der Waals surface area (Å²) in [6.07, 6.45) is 0.843. The second kappa shape index (κ2) is 6.31. The van der Waals surface area contributed by atoms with E-state index in [9.17, 15) is 4.79 Å². The monoisotopic (exact) mass is 306 g/mol. The Morgan fingerprint density at radius 2 is 1.90 bits per heavy atom. The van der Waals surface area contributed by atoms with Gasteiger partial charge < -0.3 is 4.74 Å². The molecule has 0 saturated carbocycles. The summed E-state index contributed by atoms with van der Waals surface area (Å²) >= 11 is 6.28. The summed E-state index contributed by atoms with van der Waals surface area (Å²) in [4.78, 5) is 10.9. The molecule has 4 nitrogen and oxygen atoms in total. The Morgan fingerprint density at radius 3 is 2.43 bits per heavy atom. The van der Waals surface area contributed by atoms with Gasteiger partial charge in [-0.05, 0) is 51.0 Å². The average Bonchev–Trinajstić information content (AvgIpc) is 2.73. The van der Waals surface area contributed by atoms with Crippen LogP contribution in [0.1, 0.15) is 39.8 Å². The zero-order valence-corrected chi connectivity index (χ0v) is 13.5. The van der Waals surface area contributed by atoms with Crippen molar-refractivity contribution in [2.75, 3.05) is 0 Å². The standard InChI is InChI=1S/C16H19ClN2O2/c1-5-19-14(15(17)12(4)18-19)9-21-16-10(2)6-13(8-20)7-11(16)3/h6-8H,5,9H2,1-4H3. The van der Waals surface area contributed by atoms with Gasteiger partial charge in [0.25, 0.3) is 0 Å². The highest BCUT2D eigenvalue weighted by atomic mass is 35.5. The van der Waals surface area contributed by atoms with Crippen molar-refractivity contribution in [2.45, 2.75) is 40.8 Å². The molecule has 1 aromatic carbocycles. The van der Waals surface area contributed by atoms with Crippen molar-refractivity contribution in [3.63, 3.8) is 0 Å². The molecule has 21 heavy (non-hydrogen) atoms. The van der Waals surface area contributed by atoms with Crippen molar-refractivity contribution in [1.82, 2.24) is 9.78 Å². The Labute approximate surface area is 129 Å². The third-order valence-electron chi connectivity index (χ3n) is 3.42. The highest BCUT2D eigenvalue weighted by molar-refractivity contribution is 6.31. The first-order chi connectivity index (χ1) is 9.97. The van der Waals surface area contributed by atoms with E-state index < -0.39 is 0 Å². The quantitative estimate of drug-likeness (QED) is 0.788. The fraction of sp³-hybridized carbons (Fsp3) is 0.375. The van der Waals surface area contributed by atoms with E-state index in [1.807, 2.05) is 44.5 Å². The number of benzene rings is 1. The van der Waals surface area contributed by atoms with Crippen LogP contribution in [0, 0.1) is 20.8 Å². The van der Waals surface area contributed by atoms with E-state index in [1.165, 1.54) is 0 Å². The summed E-state index contributed by atoms with van der Waals surface area (Å²) < 4.78 is 7.78. The molecule has 0 amide bonds. The SMILES string of the molecule is CCn1nc(C)c(Cl)c1COc1c(C)cc(C=O)cc1C. The Kier molecular flexibility index (Phi) is 4.68. The van der Waals surface area contributed by atoms with Crippen LogP contribution in [-0.2, 0) is 13.2 Å². The van der Waals surface area contributed by atoms with Gasteiger partial charge in [0.15, 0.2) is 0 Å². The molecular formula is C16H19ClN2O2. The maximum absolute atomic E-state index is 10.9. The molecule has 0 bridgehead atoms. The van der Waals surface area contributed by atoms with Crippen LogP contribution in [0.15, 0.2) is 12.1 Å². The number of hydrogen-bond donors (Lipinski definition) is 0. The van der Waals surface area contributed by atoms with Gasteiger partial charge in [0.05, 0.1) is 16.4 Å². The first kappa shape index (κ1) is 15.6. The van der Waals surface area contributed by atoms with Crippen LogP contribution < -0.4 is 4.74 Å². The summed E-state index contributed by atoms with van der Waals surface area (Å²) in [7, 11) is 0. The minimum absolute atomic E-state index is 0.357. The van der Waals surface area contributed by atoms with E-state index in [0.29, 0.717) is 17.2 Å². The molecule has 2 rings (SSSR count). The Hall–Kier alpha value is -1.81. The number of aryl methyl sites for hydroxylation is 4. The van der Waals surface area contributed by atoms with Gasteiger partial charge in [-0.25, -0.2) is 0 Å². The molecule has 5 heteroatoms. The number of nitrogens with zero attached hydrogens (tertiary/aromatic N) is 2. The lowest BCUT2D eigenvalue weighted by Crippen LogP contribution is -2.07. The molecule has 0 atom stereocenters. The highest BCUT2D eigenvalue weighted by Crippen LogP contribution is 2.27. The first-order valence-electron chi connectivity index (χ1n) is 6.88. The van der Waals surface area contributed by atoms with Gasteiger partial charge in [0.1, 0.15) is 18.6 Å². The van der Waals surface area contributed by atoms with Crippen molar-refractivity contribution in [3.8, 4) is 5.75 Å². The Bertz CT molecular complexity index is 654. The fourth-order valence-electron chi connectivity index (χ4n) is 2.43. The summed E-state index contributed by atoms with van der Waals surface area (Å²) in [5.41, 5.74) is 4.21. The number of aldehydes is 1. The van der Waals surface area contributed by atoms with Crippen molar-refractivity contribution >= 4 is 17.9 Å². The van der Waals surface area contributed by atoms with Crippen LogP contribution in [0.25, 0.3) is 0 Å². The second-order valence-corrected chi connectivity index (χ2v) is 5.43. The predicted octanol–water partition coefficient (Wildman–Crippen LogP) is 3.87. The molecule has 0 aliphatic rings. The molecule has 1 aromatic heterocycles. The van der Waals surface area contributed by atoms with Crippen molar-refractivity contribution in [3.05, 3.63) is 45.2 Å². The van der Waals surface area contributed by atoms with Crippen LogP contribution in [0.5, 0.6) is 5.75 Å². The van der Waals surface area contributed by atoms with Gasteiger partial charge in [0.2, 0.25) is 0 Å². The number of carbonyl (C=O) groups excluding carboxylic acids is 1. The zero-order chi connectivity index (χ0) is 15.6. The molecular weight excluding hydrogens is 288 g/mol. The smallest absolute Gasteiger partial charge is 0.150 e. The molecule has 2 aromatic rings. The van der Waals surface area contributed by atoms with Crippen LogP contribution in [0.2, 0.25) is 5.02 Å². The number of aromatic nitrogens is 2. The van der Waals surface area contributed by atoms with E-state index in [-0.39, 0.29) is 0 Å². The summed E-state index contributed by atoms with van der Waals surface area (Å²) in [5, 5.41) is 5.02. The van der Waals surface area contributed by atoms with Crippen molar-refractivity contribution in [1.29, 1.82) is 0 Å². The molecule has 1 heterocycles. The minimum Gasteiger partial charge on any atom is -0.487 e. The third-order valence-corrected chi connectivity index (χ3v) is 3.92. The minimum atomic E-state index is 0.357. The molecule has 0 aliphatic heterocycles. The molecule has 0 radical (unpaired) electrons. The number of carbonyl (C=O) groups is 1. The number of halogens is 1. The third kappa shape index (κ3) is 3.10. The van der Waals surface area contributed by atoms with Crippen molar-refractivity contribution < 1.29 is 9.53 Å². The van der Waals surface area contributed by atoms with Crippen LogP contribution >= 0.6 is 11.6 Å². The fourth-order valence-corrected chi connectivity index (χ4v) is 2.62. The summed E-state index contributed by atoms with van der Waals surface area (Å²) in [5.74, 6) is 0.790. The zero-order valence-electron chi connectivity index (χ0n) is 12.7. The van der Waals surface area contributed by atoms with Gasteiger partial charge in [0, 0.05) is 12.1 Å². The number of rotatable bonds is 5. The molecule has 0 unspecified atom stereocenters. The number of ether oxygens (including phenoxy) is 1. The Balaban J connectivity index is 2.27. The molecule has 112 valence electrons. The predicted molar refractivity (Wildman–Crippen MR) is 83.3 cm³/mol. The second-order valence-electron chi connectivity index (χ2n) is 5.05. The van der Waals surface area contributed by atoms with Gasteiger partial charge >= 0.3 is 0 Å². The molecule has 0 saturated heterocycles. The van der Waals surface area contributed by atoms with Gasteiger partial charge in [-0.1, -0.05) is 11.6 Å². The normalized spacial score (nSPS) is 10.7. The van der Waals surface area contributed by atoms with Crippen molar-refractivity contribution in [2.24, 2.45) is 0 Å². The van der Waals surface area contributed by atoms with Gasteiger partial charge in [-0.2, -0.15) is 5.10 Å². The lowest BCUT2D eigenvalue weighted by atomic mass is 10.1. The first-order valence-corrected chi connectivity index (χ1v) is 7.26. The highest BCUT2D eigenvalue weighted by Gasteiger charge is 2.14. The maximum atomic E-state index is 10.9. The average molecular weight is 307 g/mol. The van der Waals surface area contributed by atoms with E-state index in [0.717, 1.165) is 41.1 Å². The lowest BCUT2D eigenvalue weighted by Gasteiger charge is -2.13. The Morgan fingerprint density at radius 1 is 1.29 bits per heavy atom. The summed E-state index contributed by atoms with van der Waals surface area (Å²) in [6, 6.07) is 3.64. The topological polar surface area (TPSA) is 44.1 Å². The van der Waals surface area contributed by atoms with Crippen LogP contribution in [0.4, 0.5) is 0 Å². The van der Waals surface area contributed by atoms with Crippen LogP contribution in [-0.4, -0.2) is 16.1 Å². The molecule has 0 fully saturated rings. The lowest BCUT2D eigenvalue weighted by molar-refractivity contribution is 0.112. The summed E-state index contributed by atoms with van der Waals surface area (Å²) in [6.45, 7) is 8.86. The van der Waals surface area contributed by atoms with E-state index in [2.05, 4.69) is 5.10 Å². The largest absolute Gasteiger partial charge is 0.487 e. The molecule has 0 N–H and O–H groups in total. The molecule has 0 spiro atoms. The maximum Gasteiger partial charge on any atom is 0.150 e. The number of hydrogen-bond acceptors (Lipinski definition) is 3.